The molecular weight excluding hydrogens is 352 g/mol. The van der Waals surface area contributed by atoms with E-state index in [-0.39, 0.29) is 18.6 Å². The second kappa shape index (κ2) is 17.2. The monoisotopic (exact) mass is 401 g/mol. The number of nitrogens with zero attached hydrogens (tertiary/aromatic N) is 1. The van der Waals surface area contributed by atoms with Crippen LogP contribution in [0, 0.1) is 0 Å². The number of rotatable bonds is 19. The molecule has 0 aliphatic carbocycles. The number of aliphatic hydroxyl groups excluding tert-OH is 2. The van der Waals surface area contributed by atoms with Gasteiger partial charge in [0.15, 0.2) is 0 Å². The van der Waals surface area contributed by atoms with Crippen molar-refractivity contribution < 1.29 is 19.5 Å². The summed E-state index contributed by atoms with van der Waals surface area (Å²) in [4.78, 5) is 12.3. The maximum Gasteiger partial charge on any atom is 0.220 e. The average molecular weight is 402 g/mol. The molecule has 0 aromatic carbocycles. The Labute approximate surface area is 174 Å². The maximum atomic E-state index is 12.3. The highest BCUT2D eigenvalue weighted by Gasteiger charge is 2.22. The van der Waals surface area contributed by atoms with E-state index in [0.29, 0.717) is 17.4 Å². The standard InChI is InChI=1S/C23H48N2O3/c1-5-7-8-9-10-11-12-13-14-16-23(28)24-21(15-6-2)17-18-25(3,4)19-22(27)20-26/h21-22,26-27H,5-20H2,1-4H3/p+1. The number of carbonyl (C=O) groups is 1. The molecule has 0 bridgehead atoms. The summed E-state index contributed by atoms with van der Waals surface area (Å²) in [6.07, 6.45) is 14.3. The highest BCUT2D eigenvalue weighted by atomic mass is 16.3. The summed E-state index contributed by atoms with van der Waals surface area (Å²) < 4.78 is 0.649. The fraction of sp³-hybridized carbons (Fsp3) is 0.957. The molecule has 168 valence electrons. The number of unbranched alkanes of at least 4 members (excludes halogenated alkanes) is 8. The van der Waals surface area contributed by atoms with E-state index in [0.717, 1.165) is 38.6 Å². The van der Waals surface area contributed by atoms with Crippen molar-refractivity contribution in [2.75, 3.05) is 33.8 Å². The fourth-order valence-corrected chi connectivity index (χ4v) is 3.76. The second-order valence-electron chi connectivity index (χ2n) is 9.10. The Morgan fingerprint density at radius 1 is 0.893 bits per heavy atom. The third kappa shape index (κ3) is 16.3. The van der Waals surface area contributed by atoms with Crippen LogP contribution >= 0.6 is 0 Å². The molecule has 0 aliphatic rings. The molecule has 0 saturated heterocycles. The molecule has 2 atom stereocenters. The van der Waals surface area contributed by atoms with Gasteiger partial charge in [-0.05, 0) is 12.8 Å². The Bertz CT molecular complexity index is 375. The Morgan fingerprint density at radius 2 is 1.46 bits per heavy atom. The SMILES string of the molecule is CCCCCCCCCCCC(=O)NC(CCC)CC[N+](C)(C)CC(O)CO. The maximum absolute atomic E-state index is 12.3. The minimum atomic E-state index is -0.680. The van der Waals surface area contributed by atoms with Crippen molar-refractivity contribution in [2.45, 2.75) is 109 Å². The van der Waals surface area contributed by atoms with Gasteiger partial charge in [-0.1, -0.05) is 71.6 Å². The van der Waals surface area contributed by atoms with Gasteiger partial charge in [0.2, 0.25) is 5.91 Å². The minimum absolute atomic E-state index is 0.182. The van der Waals surface area contributed by atoms with Crippen molar-refractivity contribution in [1.82, 2.24) is 5.32 Å². The van der Waals surface area contributed by atoms with E-state index in [1.54, 1.807) is 0 Å². The molecule has 5 heteroatoms. The summed E-state index contributed by atoms with van der Waals surface area (Å²) in [5, 5.41) is 22.0. The lowest BCUT2D eigenvalue weighted by Crippen LogP contribution is -2.49. The summed E-state index contributed by atoms with van der Waals surface area (Å²) in [5.41, 5.74) is 0. The predicted octanol–water partition coefficient (Wildman–Crippen LogP) is 4.01. The number of aliphatic hydroxyl groups is 2. The molecule has 0 saturated carbocycles. The van der Waals surface area contributed by atoms with Crippen molar-refractivity contribution in [3.63, 3.8) is 0 Å². The summed E-state index contributed by atoms with van der Waals surface area (Å²) in [5.74, 6) is 0.182. The molecule has 28 heavy (non-hydrogen) atoms. The van der Waals surface area contributed by atoms with Crippen LogP contribution in [0.3, 0.4) is 0 Å². The van der Waals surface area contributed by atoms with Crippen molar-refractivity contribution >= 4 is 5.91 Å². The molecule has 0 heterocycles. The Hall–Kier alpha value is -0.650. The number of carbonyl (C=O) groups excluding carboxylic acids is 1. The number of hydrogen-bond acceptors (Lipinski definition) is 3. The molecule has 0 aliphatic heterocycles. The van der Waals surface area contributed by atoms with Crippen LogP contribution in [0.15, 0.2) is 0 Å². The molecule has 0 rings (SSSR count). The van der Waals surface area contributed by atoms with E-state index in [4.69, 9.17) is 5.11 Å². The zero-order valence-corrected chi connectivity index (χ0v) is 19.2. The van der Waals surface area contributed by atoms with E-state index in [2.05, 4.69) is 33.3 Å². The predicted molar refractivity (Wildman–Crippen MR) is 118 cm³/mol. The van der Waals surface area contributed by atoms with Gasteiger partial charge in [0.05, 0.1) is 27.2 Å². The zero-order valence-electron chi connectivity index (χ0n) is 19.2. The van der Waals surface area contributed by atoms with Crippen LogP contribution in [0.25, 0.3) is 0 Å². The normalized spacial score (nSPS) is 14.1. The largest absolute Gasteiger partial charge is 0.393 e. The molecule has 0 aromatic rings. The molecule has 0 fully saturated rings. The Morgan fingerprint density at radius 3 is 2.00 bits per heavy atom. The van der Waals surface area contributed by atoms with Crippen LogP contribution in [-0.4, -0.2) is 66.5 Å². The number of hydrogen-bond donors (Lipinski definition) is 3. The van der Waals surface area contributed by atoms with Gasteiger partial charge >= 0.3 is 0 Å². The number of amides is 1. The Balaban J connectivity index is 3.97. The third-order valence-corrected chi connectivity index (χ3v) is 5.51. The highest BCUT2D eigenvalue weighted by Crippen LogP contribution is 2.12. The second-order valence-corrected chi connectivity index (χ2v) is 9.10. The highest BCUT2D eigenvalue weighted by molar-refractivity contribution is 5.76. The van der Waals surface area contributed by atoms with Crippen LogP contribution in [0.1, 0.15) is 97.3 Å². The third-order valence-electron chi connectivity index (χ3n) is 5.51. The van der Waals surface area contributed by atoms with Gasteiger partial charge in [-0.2, -0.15) is 0 Å². The lowest BCUT2D eigenvalue weighted by atomic mass is 10.1. The molecule has 2 unspecified atom stereocenters. The van der Waals surface area contributed by atoms with Crippen molar-refractivity contribution in [3.8, 4) is 0 Å². The van der Waals surface area contributed by atoms with E-state index in [1.165, 1.54) is 44.9 Å². The van der Waals surface area contributed by atoms with E-state index < -0.39 is 6.10 Å². The first-order valence-corrected chi connectivity index (χ1v) is 11.7. The van der Waals surface area contributed by atoms with E-state index >= 15 is 0 Å². The summed E-state index contributed by atoms with van der Waals surface area (Å²) in [6.45, 7) is 5.60. The van der Waals surface area contributed by atoms with Gasteiger partial charge in [-0.25, -0.2) is 0 Å². The van der Waals surface area contributed by atoms with Crippen molar-refractivity contribution in [3.05, 3.63) is 0 Å². The number of nitrogens with one attached hydrogen (secondary N) is 1. The molecular formula is C23H49N2O3+. The molecule has 0 spiro atoms. The number of quaternary nitrogens is 1. The van der Waals surface area contributed by atoms with Crippen LogP contribution < -0.4 is 5.32 Å². The van der Waals surface area contributed by atoms with Crippen LogP contribution in [0.5, 0.6) is 0 Å². The lowest BCUT2D eigenvalue weighted by molar-refractivity contribution is -0.893. The quantitative estimate of drug-likeness (QED) is 0.226. The van der Waals surface area contributed by atoms with Gasteiger partial charge < -0.3 is 20.0 Å². The lowest BCUT2D eigenvalue weighted by Gasteiger charge is -2.33. The molecule has 5 nitrogen and oxygen atoms in total. The minimum Gasteiger partial charge on any atom is -0.393 e. The summed E-state index contributed by atoms with van der Waals surface area (Å²) in [7, 11) is 4.12. The van der Waals surface area contributed by atoms with E-state index in [1.807, 2.05) is 0 Å². The first kappa shape index (κ1) is 27.4. The first-order chi connectivity index (χ1) is 13.3. The topological polar surface area (TPSA) is 69.6 Å². The average Bonchev–Trinajstić information content (AvgIpc) is 2.64. The van der Waals surface area contributed by atoms with Gasteiger partial charge in [0, 0.05) is 18.9 Å². The van der Waals surface area contributed by atoms with Gasteiger partial charge in [0.25, 0.3) is 0 Å². The number of likely N-dealkylation sites (N-methyl/N-ethyl adjacent to an activating group) is 1. The van der Waals surface area contributed by atoms with Crippen molar-refractivity contribution in [1.29, 1.82) is 0 Å². The molecule has 0 radical (unpaired) electrons. The summed E-state index contributed by atoms with van der Waals surface area (Å²) in [6, 6.07) is 0.208. The van der Waals surface area contributed by atoms with Gasteiger partial charge in [0.1, 0.15) is 12.6 Å². The Kier molecular flexibility index (Phi) is 16.8. The molecule has 1 amide bonds. The molecule has 0 aromatic heterocycles. The fourth-order valence-electron chi connectivity index (χ4n) is 3.76. The van der Waals surface area contributed by atoms with Crippen LogP contribution in [-0.2, 0) is 4.79 Å². The van der Waals surface area contributed by atoms with Gasteiger partial charge in [-0.3, -0.25) is 4.79 Å². The van der Waals surface area contributed by atoms with Gasteiger partial charge in [-0.15, -0.1) is 0 Å². The van der Waals surface area contributed by atoms with E-state index in [9.17, 15) is 9.90 Å². The van der Waals surface area contributed by atoms with Crippen LogP contribution in [0.4, 0.5) is 0 Å². The van der Waals surface area contributed by atoms with Crippen molar-refractivity contribution in [2.24, 2.45) is 0 Å². The summed E-state index contributed by atoms with van der Waals surface area (Å²) >= 11 is 0. The first-order valence-electron chi connectivity index (χ1n) is 11.7. The molecule has 3 N–H and O–H groups in total. The van der Waals surface area contributed by atoms with Crippen LogP contribution in [0.2, 0.25) is 0 Å². The zero-order chi connectivity index (χ0) is 21.3. The smallest absolute Gasteiger partial charge is 0.220 e.